The second-order valence-electron chi connectivity index (χ2n) is 3.49. The number of amides is 1. The third-order valence-corrected chi connectivity index (χ3v) is 1.98. The van der Waals surface area contributed by atoms with E-state index in [-0.39, 0.29) is 5.91 Å². The number of nitrogens with one attached hydrogen (secondary N) is 1. The predicted octanol–water partition coefficient (Wildman–Crippen LogP) is 0.821. The molecule has 4 heteroatoms. The van der Waals surface area contributed by atoms with Gasteiger partial charge >= 0.3 is 0 Å². The molecule has 0 aromatic carbocycles. The van der Waals surface area contributed by atoms with E-state index in [2.05, 4.69) is 5.32 Å². The Morgan fingerprint density at radius 3 is 2.33 bits per heavy atom. The van der Waals surface area contributed by atoms with E-state index in [4.69, 9.17) is 5.73 Å². The van der Waals surface area contributed by atoms with Gasteiger partial charge in [0, 0.05) is 31.4 Å². The van der Waals surface area contributed by atoms with E-state index in [1.54, 1.807) is 17.9 Å². The van der Waals surface area contributed by atoms with Crippen molar-refractivity contribution in [3.8, 4) is 0 Å². The van der Waals surface area contributed by atoms with Gasteiger partial charge in [-0.15, -0.1) is 0 Å². The normalized spacial score (nSPS) is 12.8. The minimum absolute atomic E-state index is 0.0436. The molecule has 0 aliphatic rings. The van der Waals surface area contributed by atoms with Crippen molar-refractivity contribution < 1.29 is 4.79 Å². The van der Waals surface area contributed by atoms with E-state index >= 15 is 0 Å². The lowest BCUT2D eigenvalue weighted by Crippen LogP contribution is -2.33. The van der Waals surface area contributed by atoms with Gasteiger partial charge in [-0.05, 0) is 33.0 Å². The van der Waals surface area contributed by atoms with Crippen LogP contribution in [-0.2, 0) is 4.79 Å². The molecule has 0 heterocycles. The molecule has 0 bridgehead atoms. The quantitative estimate of drug-likeness (QED) is 0.662. The van der Waals surface area contributed by atoms with Crippen molar-refractivity contribution in [3.05, 3.63) is 23.5 Å². The van der Waals surface area contributed by atoms with Crippen LogP contribution < -0.4 is 11.1 Å². The molecule has 4 nitrogen and oxygen atoms in total. The van der Waals surface area contributed by atoms with E-state index in [1.807, 2.05) is 27.0 Å². The average Bonchev–Trinajstić information content (AvgIpc) is 2.14. The third kappa shape index (κ3) is 5.91. The molecule has 0 aliphatic carbocycles. The molecule has 0 rings (SSSR count). The fourth-order valence-electron chi connectivity index (χ4n) is 1.15. The summed E-state index contributed by atoms with van der Waals surface area (Å²) in [4.78, 5) is 13.1. The summed E-state index contributed by atoms with van der Waals surface area (Å²) in [5.41, 5.74) is 7.15. The van der Waals surface area contributed by atoms with Crippen molar-refractivity contribution in [2.24, 2.45) is 5.73 Å². The molecule has 0 unspecified atom stereocenters. The molecular formula is C11H21N3O. The number of nitrogens with zero attached hydrogens (tertiary/aromatic N) is 1. The zero-order chi connectivity index (χ0) is 11.8. The molecule has 0 aromatic heterocycles. The fraction of sp³-hybridized carbons (Fsp3) is 0.545. The number of rotatable bonds is 5. The third-order valence-electron chi connectivity index (χ3n) is 1.98. The average molecular weight is 211 g/mol. The molecule has 0 aromatic rings. The number of nitrogens with two attached hydrogens (primary N) is 1. The van der Waals surface area contributed by atoms with Crippen LogP contribution in [0, 0.1) is 0 Å². The van der Waals surface area contributed by atoms with E-state index < -0.39 is 0 Å². The van der Waals surface area contributed by atoms with Gasteiger partial charge in [0.1, 0.15) is 0 Å². The molecule has 86 valence electrons. The molecule has 3 N–H and O–H groups in total. The SMILES string of the molecule is CNCCN(C(C)=O)/C(C)=C/C=C(/C)N. The van der Waals surface area contributed by atoms with Crippen LogP contribution in [-0.4, -0.2) is 30.9 Å². The van der Waals surface area contributed by atoms with Crippen molar-refractivity contribution in [2.75, 3.05) is 20.1 Å². The van der Waals surface area contributed by atoms with Crippen LogP contribution in [0.5, 0.6) is 0 Å². The second kappa shape index (κ2) is 7.06. The summed E-state index contributed by atoms with van der Waals surface area (Å²) in [7, 11) is 1.86. The smallest absolute Gasteiger partial charge is 0.223 e. The standard InChI is InChI=1S/C11H21N3O/c1-9(12)5-6-10(2)14(11(3)15)8-7-13-4/h5-6,13H,7-8,12H2,1-4H3/b9-5-,10-6+. The Balaban J connectivity index is 4.54. The van der Waals surface area contributed by atoms with Gasteiger partial charge in [0.2, 0.25) is 5.91 Å². The molecule has 0 radical (unpaired) electrons. The number of carbonyl (C=O) groups excluding carboxylic acids is 1. The zero-order valence-electron chi connectivity index (χ0n) is 10.0. The number of carbonyl (C=O) groups is 1. The van der Waals surface area contributed by atoms with Gasteiger partial charge in [-0.2, -0.15) is 0 Å². The number of hydrogen-bond donors (Lipinski definition) is 2. The summed E-state index contributed by atoms with van der Waals surface area (Å²) in [6.07, 6.45) is 3.65. The van der Waals surface area contributed by atoms with Crippen LogP contribution in [0.1, 0.15) is 20.8 Å². The lowest BCUT2D eigenvalue weighted by Gasteiger charge is -2.21. The Morgan fingerprint density at radius 2 is 1.93 bits per heavy atom. The van der Waals surface area contributed by atoms with E-state index in [9.17, 15) is 4.79 Å². The zero-order valence-corrected chi connectivity index (χ0v) is 10.0. The van der Waals surface area contributed by atoms with Crippen molar-refractivity contribution >= 4 is 5.91 Å². The first-order valence-corrected chi connectivity index (χ1v) is 5.02. The van der Waals surface area contributed by atoms with E-state index in [0.717, 1.165) is 17.9 Å². The summed E-state index contributed by atoms with van der Waals surface area (Å²) >= 11 is 0. The van der Waals surface area contributed by atoms with Crippen molar-refractivity contribution in [1.82, 2.24) is 10.2 Å². The molecule has 15 heavy (non-hydrogen) atoms. The molecule has 1 amide bonds. The predicted molar refractivity (Wildman–Crippen MR) is 63.0 cm³/mol. The Labute approximate surface area is 91.8 Å². The highest BCUT2D eigenvalue weighted by Gasteiger charge is 2.08. The molecular weight excluding hydrogens is 190 g/mol. The molecule has 0 spiro atoms. The number of allylic oxidation sites excluding steroid dienone is 4. The van der Waals surface area contributed by atoms with Crippen molar-refractivity contribution in [2.45, 2.75) is 20.8 Å². The highest BCUT2D eigenvalue weighted by Crippen LogP contribution is 2.04. The minimum Gasteiger partial charge on any atom is -0.402 e. The van der Waals surface area contributed by atoms with Gasteiger partial charge in [-0.1, -0.05) is 0 Å². The maximum absolute atomic E-state index is 11.3. The molecule has 0 fully saturated rings. The van der Waals surface area contributed by atoms with Gasteiger partial charge in [-0.25, -0.2) is 0 Å². The number of likely N-dealkylation sites (N-methyl/N-ethyl adjacent to an activating group) is 1. The summed E-state index contributed by atoms with van der Waals surface area (Å²) in [5, 5.41) is 3.01. The van der Waals surface area contributed by atoms with Crippen LogP contribution in [0.3, 0.4) is 0 Å². The Kier molecular flexibility index (Phi) is 6.45. The van der Waals surface area contributed by atoms with Crippen molar-refractivity contribution in [1.29, 1.82) is 0 Å². The summed E-state index contributed by atoms with van der Waals surface area (Å²) in [6.45, 7) is 6.72. The highest BCUT2D eigenvalue weighted by molar-refractivity contribution is 5.75. The first kappa shape index (κ1) is 13.7. The molecule has 0 saturated heterocycles. The van der Waals surface area contributed by atoms with Crippen LogP contribution in [0.4, 0.5) is 0 Å². The van der Waals surface area contributed by atoms with Crippen LogP contribution in [0.15, 0.2) is 23.5 Å². The van der Waals surface area contributed by atoms with Gasteiger partial charge in [-0.3, -0.25) is 4.79 Å². The summed E-state index contributed by atoms with van der Waals surface area (Å²) in [6, 6.07) is 0. The summed E-state index contributed by atoms with van der Waals surface area (Å²) < 4.78 is 0. The Morgan fingerprint density at radius 1 is 1.33 bits per heavy atom. The maximum Gasteiger partial charge on any atom is 0.223 e. The second-order valence-corrected chi connectivity index (χ2v) is 3.49. The topological polar surface area (TPSA) is 58.4 Å². The monoisotopic (exact) mass is 211 g/mol. The van der Waals surface area contributed by atoms with E-state index in [0.29, 0.717) is 6.54 Å². The first-order chi connectivity index (χ1) is 6.99. The first-order valence-electron chi connectivity index (χ1n) is 5.02. The van der Waals surface area contributed by atoms with Crippen LogP contribution in [0.2, 0.25) is 0 Å². The number of hydrogen-bond acceptors (Lipinski definition) is 3. The highest BCUT2D eigenvalue weighted by atomic mass is 16.2. The van der Waals surface area contributed by atoms with E-state index in [1.165, 1.54) is 0 Å². The van der Waals surface area contributed by atoms with Gasteiger partial charge < -0.3 is 16.0 Å². The van der Waals surface area contributed by atoms with Gasteiger partial charge in [0.05, 0.1) is 0 Å². The van der Waals surface area contributed by atoms with Gasteiger partial charge in [0.15, 0.2) is 0 Å². The largest absolute Gasteiger partial charge is 0.402 e. The molecule has 0 aliphatic heterocycles. The van der Waals surface area contributed by atoms with Crippen molar-refractivity contribution in [3.63, 3.8) is 0 Å². The lowest BCUT2D eigenvalue weighted by atomic mass is 10.3. The molecule has 0 atom stereocenters. The Hall–Kier alpha value is -1.29. The molecule has 0 saturated carbocycles. The summed E-state index contributed by atoms with van der Waals surface area (Å²) in [5.74, 6) is 0.0436. The maximum atomic E-state index is 11.3. The lowest BCUT2D eigenvalue weighted by molar-refractivity contribution is -0.126. The fourth-order valence-corrected chi connectivity index (χ4v) is 1.15. The Bertz CT molecular complexity index is 265. The minimum atomic E-state index is 0.0436. The van der Waals surface area contributed by atoms with Crippen LogP contribution >= 0.6 is 0 Å². The van der Waals surface area contributed by atoms with Crippen LogP contribution in [0.25, 0.3) is 0 Å². The van der Waals surface area contributed by atoms with Gasteiger partial charge in [0.25, 0.3) is 0 Å².